The third-order valence-corrected chi connectivity index (χ3v) is 6.51. The number of carbonyl (C=O) groups excluding carboxylic acids is 1. The van der Waals surface area contributed by atoms with E-state index in [0.29, 0.717) is 35.3 Å². The number of piperidine rings is 1. The second-order valence-corrected chi connectivity index (χ2v) is 8.33. The SMILES string of the molecule is COc1cc(C(=O)N2CC[C@@H]3CCCC[C@@H]3C2)cc(OC)c1OCc1ccccc1. The van der Waals surface area contributed by atoms with E-state index < -0.39 is 0 Å². The van der Waals surface area contributed by atoms with Crippen molar-refractivity contribution in [1.29, 1.82) is 0 Å². The van der Waals surface area contributed by atoms with Crippen molar-refractivity contribution < 1.29 is 19.0 Å². The molecule has 0 radical (unpaired) electrons. The molecule has 1 saturated heterocycles. The van der Waals surface area contributed by atoms with Gasteiger partial charge < -0.3 is 19.1 Å². The molecule has 30 heavy (non-hydrogen) atoms. The van der Waals surface area contributed by atoms with Crippen LogP contribution in [0.15, 0.2) is 42.5 Å². The molecule has 0 aromatic heterocycles. The van der Waals surface area contributed by atoms with Crippen LogP contribution in [0.25, 0.3) is 0 Å². The van der Waals surface area contributed by atoms with Gasteiger partial charge in [0.05, 0.1) is 14.2 Å². The summed E-state index contributed by atoms with van der Waals surface area (Å²) in [5.74, 6) is 3.04. The van der Waals surface area contributed by atoms with Gasteiger partial charge in [0, 0.05) is 18.7 Å². The number of ether oxygens (including phenoxy) is 3. The van der Waals surface area contributed by atoms with Crippen LogP contribution in [0.5, 0.6) is 17.2 Å². The van der Waals surface area contributed by atoms with Crippen molar-refractivity contribution in [2.45, 2.75) is 38.7 Å². The molecule has 0 N–H and O–H groups in total. The maximum absolute atomic E-state index is 13.3. The molecular weight excluding hydrogens is 378 g/mol. The normalized spacial score (nSPS) is 20.9. The van der Waals surface area contributed by atoms with Gasteiger partial charge in [0.1, 0.15) is 6.61 Å². The zero-order valence-corrected chi connectivity index (χ0v) is 17.9. The molecule has 0 unspecified atom stereocenters. The Bertz CT molecular complexity index is 842. The molecule has 2 aromatic rings. The molecule has 1 aliphatic heterocycles. The summed E-state index contributed by atoms with van der Waals surface area (Å²) < 4.78 is 17.1. The van der Waals surface area contributed by atoms with Crippen LogP contribution in [-0.2, 0) is 6.61 Å². The average Bonchev–Trinajstić information content (AvgIpc) is 2.82. The Balaban J connectivity index is 1.52. The van der Waals surface area contributed by atoms with Crippen LogP contribution < -0.4 is 14.2 Å². The Labute approximate surface area is 178 Å². The van der Waals surface area contributed by atoms with Crippen molar-refractivity contribution in [3.05, 3.63) is 53.6 Å². The van der Waals surface area contributed by atoms with E-state index in [1.54, 1.807) is 26.4 Å². The number of likely N-dealkylation sites (tertiary alicyclic amines) is 1. The Hall–Kier alpha value is -2.69. The summed E-state index contributed by atoms with van der Waals surface area (Å²) in [7, 11) is 3.18. The summed E-state index contributed by atoms with van der Waals surface area (Å²) in [5.41, 5.74) is 1.64. The van der Waals surface area contributed by atoms with Gasteiger partial charge >= 0.3 is 0 Å². The van der Waals surface area contributed by atoms with Gasteiger partial charge in [-0.1, -0.05) is 49.6 Å². The van der Waals surface area contributed by atoms with Crippen LogP contribution in [0.4, 0.5) is 0 Å². The summed E-state index contributed by atoms with van der Waals surface area (Å²) in [6.45, 7) is 2.09. The second kappa shape index (κ2) is 9.41. The lowest BCUT2D eigenvalue weighted by Crippen LogP contribution is -2.44. The molecule has 1 saturated carbocycles. The van der Waals surface area contributed by atoms with Crippen LogP contribution >= 0.6 is 0 Å². The van der Waals surface area contributed by atoms with Crippen LogP contribution in [0.3, 0.4) is 0 Å². The van der Waals surface area contributed by atoms with Crippen molar-refractivity contribution in [2.75, 3.05) is 27.3 Å². The maximum Gasteiger partial charge on any atom is 0.254 e. The number of rotatable bonds is 6. The van der Waals surface area contributed by atoms with E-state index in [-0.39, 0.29) is 5.91 Å². The highest BCUT2D eigenvalue weighted by Gasteiger charge is 2.33. The number of benzene rings is 2. The number of hydrogen-bond donors (Lipinski definition) is 0. The van der Waals surface area contributed by atoms with Crippen molar-refractivity contribution in [3.63, 3.8) is 0 Å². The van der Waals surface area contributed by atoms with E-state index in [9.17, 15) is 4.79 Å². The quantitative estimate of drug-likeness (QED) is 0.678. The minimum Gasteiger partial charge on any atom is -0.493 e. The summed E-state index contributed by atoms with van der Waals surface area (Å²) in [4.78, 5) is 15.3. The highest BCUT2D eigenvalue weighted by Crippen LogP contribution is 2.40. The standard InChI is InChI=1S/C25H31NO4/c1-28-22-14-21(25(27)26-13-12-19-10-6-7-11-20(19)16-26)15-23(29-2)24(22)30-17-18-8-4-3-5-9-18/h3-5,8-9,14-15,19-20H,6-7,10-13,16-17H2,1-2H3/t19-,20+/m0/s1. The monoisotopic (exact) mass is 409 g/mol. The van der Waals surface area contributed by atoms with Gasteiger partial charge in [-0.25, -0.2) is 0 Å². The van der Waals surface area contributed by atoms with Crippen LogP contribution in [0, 0.1) is 11.8 Å². The fraction of sp³-hybridized carbons (Fsp3) is 0.480. The number of nitrogens with zero attached hydrogens (tertiary/aromatic N) is 1. The molecule has 1 heterocycles. The third kappa shape index (κ3) is 4.40. The fourth-order valence-corrected chi connectivity index (χ4v) is 4.84. The fourth-order valence-electron chi connectivity index (χ4n) is 4.84. The highest BCUT2D eigenvalue weighted by atomic mass is 16.5. The Morgan fingerprint density at radius 2 is 1.63 bits per heavy atom. The minimum atomic E-state index is 0.0465. The predicted octanol–water partition coefficient (Wildman–Crippen LogP) is 4.94. The predicted molar refractivity (Wildman–Crippen MR) is 116 cm³/mol. The lowest BCUT2D eigenvalue weighted by molar-refractivity contribution is 0.0520. The van der Waals surface area contributed by atoms with Crippen molar-refractivity contribution >= 4 is 5.91 Å². The van der Waals surface area contributed by atoms with E-state index >= 15 is 0 Å². The average molecular weight is 410 g/mol. The summed E-state index contributed by atoms with van der Waals surface area (Å²) in [6.07, 6.45) is 6.31. The topological polar surface area (TPSA) is 48.0 Å². The third-order valence-electron chi connectivity index (χ3n) is 6.51. The molecule has 2 aromatic carbocycles. The van der Waals surface area contributed by atoms with Gasteiger partial charge in [-0.2, -0.15) is 0 Å². The van der Waals surface area contributed by atoms with Crippen LogP contribution in [0.1, 0.15) is 48.0 Å². The largest absolute Gasteiger partial charge is 0.493 e. The van der Waals surface area contributed by atoms with Crippen LogP contribution in [0.2, 0.25) is 0 Å². The molecule has 2 fully saturated rings. The molecule has 5 heteroatoms. The Kier molecular flexibility index (Phi) is 6.46. The second-order valence-electron chi connectivity index (χ2n) is 8.33. The molecular formula is C25H31NO4. The zero-order chi connectivity index (χ0) is 20.9. The first-order valence-corrected chi connectivity index (χ1v) is 10.9. The van der Waals surface area contributed by atoms with Crippen molar-refractivity contribution in [1.82, 2.24) is 4.90 Å². The number of fused-ring (bicyclic) bond motifs is 1. The van der Waals surface area contributed by atoms with E-state index in [4.69, 9.17) is 14.2 Å². The smallest absolute Gasteiger partial charge is 0.254 e. The highest BCUT2D eigenvalue weighted by molar-refractivity contribution is 5.95. The molecule has 0 spiro atoms. The van der Waals surface area contributed by atoms with Crippen molar-refractivity contribution in [3.8, 4) is 17.2 Å². The number of methoxy groups -OCH3 is 2. The Morgan fingerprint density at radius 3 is 2.30 bits per heavy atom. The molecule has 2 aliphatic rings. The Morgan fingerprint density at radius 1 is 0.967 bits per heavy atom. The summed E-state index contributed by atoms with van der Waals surface area (Å²) in [6, 6.07) is 13.5. The minimum absolute atomic E-state index is 0.0465. The molecule has 1 amide bonds. The van der Waals surface area contributed by atoms with Gasteiger partial charge in [0.15, 0.2) is 11.5 Å². The molecule has 4 rings (SSSR count). The van der Waals surface area contributed by atoms with E-state index in [1.807, 2.05) is 35.2 Å². The molecule has 0 bridgehead atoms. The lowest BCUT2D eigenvalue weighted by Gasteiger charge is -2.41. The van der Waals surface area contributed by atoms with E-state index in [0.717, 1.165) is 31.0 Å². The summed E-state index contributed by atoms with van der Waals surface area (Å²) in [5, 5.41) is 0. The van der Waals surface area contributed by atoms with Gasteiger partial charge in [-0.3, -0.25) is 4.79 Å². The van der Waals surface area contributed by atoms with Crippen molar-refractivity contribution in [2.24, 2.45) is 11.8 Å². The molecule has 1 aliphatic carbocycles. The number of carbonyl (C=O) groups is 1. The summed E-state index contributed by atoms with van der Waals surface area (Å²) >= 11 is 0. The van der Waals surface area contributed by atoms with Gasteiger partial charge in [0.25, 0.3) is 5.91 Å². The number of amides is 1. The first-order valence-electron chi connectivity index (χ1n) is 10.9. The first-order chi connectivity index (χ1) is 14.7. The zero-order valence-electron chi connectivity index (χ0n) is 17.9. The number of hydrogen-bond acceptors (Lipinski definition) is 4. The van der Waals surface area contributed by atoms with Crippen LogP contribution in [-0.4, -0.2) is 38.1 Å². The van der Waals surface area contributed by atoms with E-state index in [1.165, 1.54) is 25.7 Å². The van der Waals surface area contributed by atoms with Gasteiger partial charge in [-0.15, -0.1) is 0 Å². The molecule has 160 valence electrons. The van der Waals surface area contributed by atoms with Gasteiger partial charge in [0.2, 0.25) is 5.75 Å². The first kappa shape index (κ1) is 20.6. The maximum atomic E-state index is 13.3. The molecule has 5 nitrogen and oxygen atoms in total. The van der Waals surface area contributed by atoms with Gasteiger partial charge in [-0.05, 0) is 42.4 Å². The molecule has 2 atom stereocenters. The lowest BCUT2D eigenvalue weighted by atomic mass is 9.75. The van der Waals surface area contributed by atoms with E-state index in [2.05, 4.69) is 0 Å².